The molecule has 1 atom stereocenters. The van der Waals surface area contributed by atoms with Crippen LogP contribution in [0.2, 0.25) is 0 Å². The van der Waals surface area contributed by atoms with Crippen LogP contribution >= 0.6 is 11.3 Å². The first-order valence-corrected chi connectivity index (χ1v) is 7.37. The second-order valence-electron chi connectivity index (χ2n) is 4.39. The number of nitrogens with two attached hydrogens (primary N) is 1. The number of unbranched alkanes of at least 4 members (excludes halogenated alkanes) is 6. The Balaban J connectivity index is 1.95. The number of hydrogen-bond donors (Lipinski definition) is 1. The van der Waals surface area contributed by atoms with Crippen molar-refractivity contribution in [3.63, 3.8) is 0 Å². The maximum absolute atomic E-state index is 6.05. The predicted molar refractivity (Wildman–Crippen MR) is 71.7 cm³/mol. The van der Waals surface area contributed by atoms with E-state index < -0.39 is 0 Å². The zero-order valence-corrected chi connectivity index (χ0v) is 11.1. The summed E-state index contributed by atoms with van der Waals surface area (Å²) >= 11 is 1.67. The van der Waals surface area contributed by atoms with Gasteiger partial charge in [0.05, 0.1) is 6.04 Å². The topological polar surface area (TPSA) is 38.9 Å². The molecule has 0 saturated carbocycles. The minimum atomic E-state index is 0.163. The van der Waals surface area contributed by atoms with Crippen LogP contribution in [0.5, 0.6) is 0 Å². The molecule has 0 aliphatic rings. The average molecular weight is 240 g/mol. The van der Waals surface area contributed by atoms with Gasteiger partial charge in [0.2, 0.25) is 0 Å². The summed E-state index contributed by atoms with van der Waals surface area (Å²) in [5.41, 5.74) is 6.05. The first kappa shape index (κ1) is 13.7. The predicted octanol–water partition coefficient (Wildman–Crippen LogP) is 4.28. The highest BCUT2D eigenvalue weighted by atomic mass is 32.1. The number of hydrogen-bond acceptors (Lipinski definition) is 3. The van der Waals surface area contributed by atoms with E-state index in [4.69, 9.17) is 5.73 Å². The highest BCUT2D eigenvalue weighted by Crippen LogP contribution is 2.19. The molecule has 1 aromatic heterocycles. The third-order valence-electron chi connectivity index (χ3n) is 2.89. The summed E-state index contributed by atoms with van der Waals surface area (Å²) in [5, 5.41) is 3.09. The monoisotopic (exact) mass is 240 g/mol. The van der Waals surface area contributed by atoms with Crippen molar-refractivity contribution < 1.29 is 0 Å². The third-order valence-corrected chi connectivity index (χ3v) is 3.79. The van der Waals surface area contributed by atoms with Gasteiger partial charge >= 0.3 is 0 Å². The van der Waals surface area contributed by atoms with E-state index in [9.17, 15) is 0 Å². The van der Waals surface area contributed by atoms with Crippen molar-refractivity contribution in [1.29, 1.82) is 0 Å². The number of rotatable bonds is 9. The number of nitrogens with zero attached hydrogens (tertiary/aromatic N) is 1. The van der Waals surface area contributed by atoms with Crippen LogP contribution in [0.3, 0.4) is 0 Å². The quantitative estimate of drug-likeness (QED) is 0.654. The molecule has 1 heterocycles. The summed E-state index contributed by atoms with van der Waals surface area (Å²) in [6, 6.07) is 0.163. The van der Waals surface area contributed by atoms with Crippen molar-refractivity contribution in [2.24, 2.45) is 5.73 Å². The van der Waals surface area contributed by atoms with E-state index in [-0.39, 0.29) is 6.04 Å². The fourth-order valence-corrected chi connectivity index (χ4v) is 2.54. The Labute approximate surface area is 103 Å². The van der Waals surface area contributed by atoms with Crippen LogP contribution in [-0.2, 0) is 0 Å². The Bertz CT molecular complexity index is 246. The van der Waals surface area contributed by atoms with Crippen molar-refractivity contribution in [3.05, 3.63) is 16.6 Å². The molecule has 0 saturated heterocycles. The molecule has 0 bridgehead atoms. The van der Waals surface area contributed by atoms with Gasteiger partial charge in [-0.15, -0.1) is 11.3 Å². The lowest BCUT2D eigenvalue weighted by atomic mass is 10.1. The molecule has 16 heavy (non-hydrogen) atoms. The Morgan fingerprint density at radius 2 is 1.88 bits per heavy atom. The fraction of sp³-hybridized carbons (Fsp3) is 0.769. The first-order valence-electron chi connectivity index (χ1n) is 6.49. The maximum Gasteiger partial charge on any atom is 0.109 e. The van der Waals surface area contributed by atoms with Gasteiger partial charge in [-0.25, -0.2) is 4.98 Å². The molecule has 0 aromatic carbocycles. The second-order valence-corrected chi connectivity index (χ2v) is 5.31. The van der Waals surface area contributed by atoms with E-state index in [1.807, 2.05) is 11.6 Å². The van der Waals surface area contributed by atoms with Crippen LogP contribution in [-0.4, -0.2) is 4.98 Å². The van der Waals surface area contributed by atoms with Gasteiger partial charge in [-0.1, -0.05) is 51.9 Å². The first-order chi connectivity index (χ1) is 7.84. The molecule has 0 fully saturated rings. The van der Waals surface area contributed by atoms with E-state index in [2.05, 4.69) is 11.9 Å². The molecule has 3 heteroatoms. The van der Waals surface area contributed by atoms with Gasteiger partial charge in [-0.3, -0.25) is 0 Å². The van der Waals surface area contributed by atoms with Crippen molar-refractivity contribution in [3.8, 4) is 0 Å². The smallest absolute Gasteiger partial charge is 0.109 e. The average Bonchev–Trinajstić information content (AvgIpc) is 2.81. The van der Waals surface area contributed by atoms with Crippen molar-refractivity contribution in [1.82, 2.24) is 4.98 Å². The second kappa shape index (κ2) is 8.71. The van der Waals surface area contributed by atoms with Gasteiger partial charge in [0.15, 0.2) is 0 Å². The summed E-state index contributed by atoms with van der Waals surface area (Å²) in [7, 11) is 0. The molecule has 2 nitrogen and oxygen atoms in total. The minimum Gasteiger partial charge on any atom is -0.322 e. The van der Waals surface area contributed by atoms with Gasteiger partial charge in [0.1, 0.15) is 5.01 Å². The Kier molecular flexibility index (Phi) is 7.43. The van der Waals surface area contributed by atoms with E-state index in [1.165, 1.54) is 44.9 Å². The Morgan fingerprint density at radius 3 is 2.50 bits per heavy atom. The molecule has 0 spiro atoms. The van der Waals surface area contributed by atoms with Crippen LogP contribution in [0.1, 0.15) is 69.3 Å². The van der Waals surface area contributed by atoms with Crippen LogP contribution in [0, 0.1) is 0 Å². The highest BCUT2D eigenvalue weighted by molar-refractivity contribution is 7.09. The van der Waals surface area contributed by atoms with Gasteiger partial charge in [-0.2, -0.15) is 0 Å². The minimum absolute atomic E-state index is 0.163. The van der Waals surface area contributed by atoms with E-state index >= 15 is 0 Å². The standard InChI is InChI=1S/C13H24N2S/c1-2-3-4-5-6-7-8-9-12(14)13-15-10-11-16-13/h10-12H,2-9,14H2,1H3. The maximum atomic E-state index is 6.05. The fourth-order valence-electron chi connectivity index (χ4n) is 1.86. The molecule has 1 aromatic rings. The molecule has 2 N–H and O–H groups in total. The van der Waals surface area contributed by atoms with Gasteiger partial charge in [0, 0.05) is 11.6 Å². The van der Waals surface area contributed by atoms with Gasteiger partial charge in [0.25, 0.3) is 0 Å². The zero-order chi connectivity index (χ0) is 11.6. The lowest BCUT2D eigenvalue weighted by Crippen LogP contribution is -2.09. The largest absolute Gasteiger partial charge is 0.322 e. The SMILES string of the molecule is CCCCCCCCCC(N)c1nccs1. The summed E-state index contributed by atoms with van der Waals surface area (Å²) in [4.78, 5) is 4.25. The lowest BCUT2D eigenvalue weighted by Gasteiger charge is -2.07. The molecule has 0 amide bonds. The zero-order valence-electron chi connectivity index (χ0n) is 10.3. The lowest BCUT2D eigenvalue weighted by molar-refractivity contribution is 0.540. The molecular weight excluding hydrogens is 216 g/mol. The van der Waals surface area contributed by atoms with Crippen LogP contribution < -0.4 is 5.73 Å². The van der Waals surface area contributed by atoms with E-state index in [0.717, 1.165) is 11.4 Å². The van der Waals surface area contributed by atoms with Crippen LogP contribution in [0.4, 0.5) is 0 Å². The Morgan fingerprint density at radius 1 is 1.19 bits per heavy atom. The summed E-state index contributed by atoms with van der Waals surface area (Å²) in [5.74, 6) is 0. The van der Waals surface area contributed by atoms with Crippen molar-refractivity contribution >= 4 is 11.3 Å². The highest BCUT2D eigenvalue weighted by Gasteiger charge is 2.07. The third kappa shape index (κ3) is 5.61. The summed E-state index contributed by atoms with van der Waals surface area (Å²) in [6.45, 7) is 2.26. The normalized spacial score (nSPS) is 12.9. The van der Waals surface area contributed by atoms with Crippen LogP contribution in [0.15, 0.2) is 11.6 Å². The number of aromatic nitrogens is 1. The van der Waals surface area contributed by atoms with E-state index in [1.54, 1.807) is 11.3 Å². The van der Waals surface area contributed by atoms with Crippen LogP contribution in [0.25, 0.3) is 0 Å². The summed E-state index contributed by atoms with van der Waals surface area (Å²) < 4.78 is 0. The number of thiazole rings is 1. The Hall–Kier alpha value is -0.410. The molecule has 0 aliphatic carbocycles. The van der Waals surface area contributed by atoms with Gasteiger partial charge < -0.3 is 5.73 Å². The van der Waals surface area contributed by atoms with Gasteiger partial charge in [-0.05, 0) is 6.42 Å². The molecule has 92 valence electrons. The molecule has 1 rings (SSSR count). The van der Waals surface area contributed by atoms with E-state index in [0.29, 0.717) is 0 Å². The van der Waals surface area contributed by atoms with Crippen molar-refractivity contribution in [2.75, 3.05) is 0 Å². The summed E-state index contributed by atoms with van der Waals surface area (Å²) in [6.07, 6.45) is 12.4. The molecule has 1 unspecified atom stereocenters. The van der Waals surface area contributed by atoms with Crippen molar-refractivity contribution in [2.45, 2.75) is 64.3 Å². The molecule has 0 aliphatic heterocycles. The molecular formula is C13H24N2S. The molecule has 0 radical (unpaired) electrons.